The van der Waals surface area contributed by atoms with E-state index in [-0.39, 0.29) is 10.4 Å². The zero-order chi connectivity index (χ0) is 33.3. The number of likely N-dealkylation sites (N-methyl/N-ethyl adjacent to an activating group) is 1. The molecule has 250 valence electrons. The van der Waals surface area contributed by atoms with Gasteiger partial charge in [-0.1, -0.05) is 24.3 Å². The van der Waals surface area contributed by atoms with E-state index >= 15 is 0 Å². The molecule has 0 bridgehead atoms. The second-order valence-electron chi connectivity index (χ2n) is 10.9. The number of carbonyl (C=O) groups is 2. The van der Waals surface area contributed by atoms with E-state index in [0.717, 1.165) is 88.1 Å². The Balaban J connectivity index is 0.000000240. The number of piperazine rings is 1. The summed E-state index contributed by atoms with van der Waals surface area (Å²) in [6.45, 7) is 12.8. The molecule has 2 aromatic carbocycles. The number of benzene rings is 2. The van der Waals surface area contributed by atoms with Crippen LogP contribution in [0.25, 0.3) is 0 Å². The van der Waals surface area contributed by atoms with Crippen molar-refractivity contribution in [3.8, 4) is 0 Å². The van der Waals surface area contributed by atoms with Crippen LogP contribution in [-0.2, 0) is 10.9 Å². The molecule has 0 spiro atoms. The number of nitrogens with two attached hydrogens (primary N) is 1. The Morgan fingerprint density at radius 1 is 1.04 bits per heavy atom. The van der Waals surface area contributed by atoms with E-state index in [0.29, 0.717) is 35.3 Å². The maximum atomic E-state index is 13.4. The maximum absolute atomic E-state index is 13.4. The lowest BCUT2D eigenvalue weighted by atomic mass is 10.1. The lowest BCUT2D eigenvalue weighted by Crippen LogP contribution is -2.46. The number of thiazole rings is 1. The molecule has 2 aliphatic rings. The normalized spacial score (nSPS) is 16.0. The zero-order valence-corrected chi connectivity index (χ0v) is 26.7. The molecule has 3 heterocycles. The van der Waals surface area contributed by atoms with E-state index < -0.39 is 23.6 Å². The number of nitrogens with zero attached hydrogens (tertiary/aromatic N) is 4. The first-order chi connectivity index (χ1) is 21.9. The second kappa shape index (κ2) is 16.1. The molecular weight excluding hydrogens is 623 g/mol. The lowest BCUT2D eigenvalue weighted by molar-refractivity contribution is -0.137. The van der Waals surface area contributed by atoms with Crippen LogP contribution in [-0.4, -0.2) is 104 Å². The monoisotopic (exact) mass is 663 g/mol. The van der Waals surface area contributed by atoms with E-state index in [9.17, 15) is 22.8 Å². The summed E-state index contributed by atoms with van der Waals surface area (Å²) < 4.78 is 45.6. The van der Waals surface area contributed by atoms with Crippen LogP contribution in [0.2, 0.25) is 0 Å². The number of carbonyl (C=O) groups excluding carboxylic acids is 1. The van der Waals surface area contributed by atoms with Crippen molar-refractivity contribution in [2.75, 3.05) is 93.4 Å². The van der Waals surface area contributed by atoms with E-state index in [1.807, 2.05) is 11.8 Å². The summed E-state index contributed by atoms with van der Waals surface area (Å²) in [6.07, 6.45) is -3.16. The molecular formula is C31H40F3N7O4S. The van der Waals surface area contributed by atoms with Crippen LogP contribution < -0.4 is 21.3 Å². The number of amides is 1. The number of halogens is 3. The van der Waals surface area contributed by atoms with Gasteiger partial charge < -0.3 is 36.0 Å². The fraction of sp³-hybridized carbons (Fsp3) is 0.452. The third-order valence-corrected chi connectivity index (χ3v) is 8.70. The molecule has 0 unspecified atom stereocenters. The van der Waals surface area contributed by atoms with E-state index in [1.165, 1.54) is 12.3 Å². The predicted molar refractivity (Wildman–Crippen MR) is 174 cm³/mol. The Bertz CT molecular complexity index is 1470. The molecule has 11 nitrogen and oxygen atoms in total. The number of alkyl halides is 3. The van der Waals surface area contributed by atoms with Crippen LogP contribution >= 0.6 is 11.3 Å². The summed E-state index contributed by atoms with van der Waals surface area (Å²) in [5.41, 5.74) is 7.19. The van der Waals surface area contributed by atoms with Gasteiger partial charge in [0.05, 0.1) is 25.0 Å². The number of aryl methyl sites for hydroxylation is 1. The molecule has 0 aliphatic carbocycles. The molecule has 46 heavy (non-hydrogen) atoms. The number of carboxylic acids is 1. The number of nitrogen functional groups attached to an aromatic ring is 1. The molecule has 3 aromatic rings. The Labute approximate surface area is 270 Å². The maximum Gasteiger partial charge on any atom is 0.416 e. The summed E-state index contributed by atoms with van der Waals surface area (Å²) in [7, 11) is 0. The molecule has 2 saturated heterocycles. The Kier molecular flexibility index (Phi) is 12.2. The highest BCUT2D eigenvalue weighted by atomic mass is 32.1. The van der Waals surface area contributed by atoms with Gasteiger partial charge in [0, 0.05) is 75.0 Å². The molecule has 15 heteroatoms. The van der Waals surface area contributed by atoms with Crippen LogP contribution in [0.1, 0.15) is 38.1 Å². The number of hydrogen-bond donors (Lipinski definition) is 4. The first-order valence-corrected chi connectivity index (χ1v) is 15.8. The quantitative estimate of drug-likeness (QED) is 0.241. The van der Waals surface area contributed by atoms with Gasteiger partial charge in [0.25, 0.3) is 5.91 Å². The molecule has 1 aromatic heterocycles. The molecule has 0 radical (unpaired) electrons. The number of morpholine rings is 1. The number of rotatable bonds is 9. The van der Waals surface area contributed by atoms with Crippen LogP contribution in [0.3, 0.4) is 0 Å². The first-order valence-electron chi connectivity index (χ1n) is 15.0. The second-order valence-corrected chi connectivity index (χ2v) is 12.0. The fourth-order valence-corrected chi connectivity index (χ4v) is 5.61. The highest BCUT2D eigenvalue weighted by Gasteiger charge is 2.33. The van der Waals surface area contributed by atoms with E-state index in [1.54, 1.807) is 18.2 Å². The third kappa shape index (κ3) is 10.0. The van der Waals surface area contributed by atoms with Gasteiger partial charge in [0.15, 0.2) is 5.13 Å². The average molecular weight is 664 g/mol. The van der Waals surface area contributed by atoms with Crippen molar-refractivity contribution >= 4 is 45.4 Å². The number of ether oxygens (including phenoxy) is 1. The summed E-state index contributed by atoms with van der Waals surface area (Å²) in [4.78, 5) is 34.0. The first kappa shape index (κ1) is 34.9. The van der Waals surface area contributed by atoms with Crippen molar-refractivity contribution in [3.05, 3.63) is 64.2 Å². The minimum Gasteiger partial charge on any atom is -0.477 e. The Morgan fingerprint density at radius 2 is 1.76 bits per heavy atom. The molecule has 1 amide bonds. The third-order valence-electron chi connectivity index (χ3n) is 7.75. The van der Waals surface area contributed by atoms with E-state index in [2.05, 4.69) is 32.3 Å². The summed E-state index contributed by atoms with van der Waals surface area (Å²) >= 11 is 1.16. The topological polar surface area (TPSA) is 136 Å². The lowest BCUT2D eigenvalue weighted by Gasteiger charge is -2.36. The largest absolute Gasteiger partial charge is 0.477 e. The van der Waals surface area contributed by atoms with Gasteiger partial charge >= 0.3 is 12.1 Å². The molecule has 2 aliphatic heterocycles. The molecule has 0 saturated carbocycles. The van der Waals surface area contributed by atoms with Crippen molar-refractivity contribution in [2.45, 2.75) is 20.0 Å². The number of aromatic carboxylic acids is 1. The van der Waals surface area contributed by atoms with Gasteiger partial charge in [-0.15, -0.1) is 0 Å². The van der Waals surface area contributed by atoms with Crippen molar-refractivity contribution in [3.63, 3.8) is 0 Å². The average Bonchev–Trinajstić information content (AvgIpc) is 3.52. The number of nitrogens with one attached hydrogen (secondary N) is 2. The zero-order valence-electron chi connectivity index (χ0n) is 25.9. The SMILES string of the molecule is CCN1CCN(c2cc(C(=O)Nc3ccc(C)c(N)c3)cc(C(F)(F)F)c2)CC1.O=C(O)c1cnc(NCCN2CCOCC2)s1. The summed E-state index contributed by atoms with van der Waals surface area (Å²) in [6, 6.07) is 8.52. The van der Waals surface area contributed by atoms with Crippen molar-refractivity contribution in [1.29, 1.82) is 0 Å². The predicted octanol–water partition coefficient (Wildman–Crippen LogP) is 4.58. The van der Waals surface area contributed by atoms with Crippen LogP contribution in [0.5, 0.6) is 0 Å². The van der Waals surface area contributed by atoms with Gasteiger partial charge in [-0.25, -0.2) is 9.78 Å². The van der Waals surface area contributed by atoms with Gasteiger partial charge in [0.2, 0.25) is 0 Å². The van der Waals surface area contributed by atoms with Gasteiger partial charge in [0.1, 0.15) is 4.88 Å². The van der Waals surface area contributed by atoms with E-state index in [4.69, 9.17) is 15.6 Å². The standard InChI is InChI=1S/C21H25F3N4O.C10H15N3O3S/c1-3-27-6-8-28(9-7-27)18-11-15(10-16(12-18)21(22,23)24)20(29)26-17-5-4-14(2)19(25)13-17;14-9(15)8-7-12-10(17-8)11-1-2-13-3-5-16-6-4-13/h4-5,10-13H,3,6-9,25H2,1-2H3,(H,26,29);7H,1-6H2,(H,11,12)(H,14,15). The van der Waals surface area contributed by atoms with Gasteiger partial charge in [-0.2, -0.15) is 13.2 Å². The fourth-order valence-electron chi connectivity index (χ4n) is 4.93. The highest BCUT2D eigenvalue weighted by Crippen LogP contribution is 2.34. The van der Waals surface area contributed by atoms with Crippen molar-refractivity contribution < 1.29 is 32.6 Å². The van der Waals surface area contributed by atoms with Crippen molar-refractivity contribution in [2.24, 2.45) is 0 Å². The van der Waals surface area contributed by atoms with Crippen LogP contribution in [0.15, 0.2) is 42.6 Å². The van der Waals surface area contributed by atoms with Gasteiger partial charge in [-0.3, -0.25) is 9.69 Å². The number of hydrogen-bond acceptors (Lipinski definition) is 10. The van der Waals surface area contributed by atoms with Crippen molar-refractivity contribution in [1.82, 2.24) is 14.8 Å². The van der Waals surface area contributed by atoms with Gasteiger partial charge in [-0.05, 0) is 49.4 Å². The molecule has 5 rings (SSSR count). The molecule has 0 atom stereocenters. The molecule has 2 fully saturated rings. The minimum absolute atomic E-state index is 0.0353. The summed E-state index contributed by atoms with van der Waals surface area (Å²) in [5.74, 6) is -1.53. The highest BCUT2D eigenvalue weighted by molar-refractivity contribution is 7.17. The number of carboxylic acid groups (broad SMARTS) is 1. The van der Waals surface area contributed by atoms with Crippen LogP contribution in [0.4, 0.5) is 35.4 Å². The smallest absolute Gasteiger partial charge is 0.416 e. The Morgan fingerprint density at radius 3 is 2.37 bits per heavy atom. The minimum atomic E-state index is -4.54. The number of anilines is 4. The Hall–Kier alpha value is -3.92. The number of aromatic nitrogens is 1. The summed E-state index contributed by atoms with van der Waals surface area (Å²) in [5, 5.41) is 15.2. The van der Waals surface area contributed by atoms with Crippen LogP contribution in [0, 0.1) is 6.92 Å². The molecule has 5 N–H and O–H groups in total.